The molecule has 1 aliphatic carbocycles. The van der Waals surface area contributed by atoms with Gasteiger partial charge in [-0.3, -0.25) is 4.57 Å². The highest BCUT2D eigenvalue weighted by Gasteiger charge is 2.17. The summed E-state index contributed by atoms with van der Waals surface area (Å²) in [5, 5.41) is 0. The Morgan fingerprint density at radius 3 is 2.70 bits per heavy atom. The maximum Gasteiger partial charge on any atom is 0.235 e. The fourth-order valence-corrected chi connectivity index (χ4v) is 2.67. The number of aryl methyl sites for hydroxylation is 1. The van der Waals surface area contributed by atoms with Crippen molar-refractivity contribution < 1.29 is 0 Å². The van der Waals surface area contributed by atoms with Crippen molar-refractivity contribution in [2.45, 2.75) is 51.5 Å². The predicted octanol–water partition coefficient (Wildman–Crippen LogP) is 1.82. The minimum Gasteiger partial charge on any atom is -0.327 e. The highest BCUT2D eigenvalue weighted by molar-refractivity contribution is 5.25. The molecule has 2 heterocycles. The van der Waals surface area contributed by atoms with Gasteiger partial charge in [0.2, 0.25) is 5.95 Å². The second kappa shape index (κ2) is 5.71. The van der Waals surface area contributed by atoms with Crippen LogP contribution in [0.25, 0.3) is 5.95 Å². The van der Waals surface area contributed by atoms with Crippen LogP contribution in [0.4, 0.5) is 0 Å². The SMILES string of the molecule is CCC(N)Cc1cnc(-n2cnc3c2CCCC3)nc1. The molecule has 2 aromatic rings. The predicted molar refractivity (Wildman–Crippen MR) is 77.8 cm³/mol. The molecule has 1 unspecified atom stereocenters. The van der Waals surface area contributed by atoms with E-state index in [0.29, 0.717) is 0 Å². The zero-order valence-corrected chi connectivity index (χ0v) is 11.9. The largest absolute Gasteiger partial charge is 0.327 e. The van der Waals surface area contributed by atoms with Gasteiger partial charge in [0, 0.05) is 24.1 Å². The van der Waals surface area contributed by atoms with Crippen LogP contribution in [-0.4, -0.2) is 25.6 Å². The standard InChI is InChI=1S/C15H21N5/c1-2-12(16)7-11-8-17-15(18-9-11)20-10-19-13-5-3-4-6-14(13)20/h8-10,12H,2-7,16H2,1H3. The van der Waals surface area contributed by atoms with E-state index in [1.165, 1.54) is 24.2 Å². The average molecular weight is 271 g/mol. The van der Waals surface area contributed by atoms with Crippen molar-refractivity contribution in [1.82, 2.24) is 19.5 Å². The molecule has 0 fully saturated rings. The molecule has 0 bridgehead atoms. The van der Waals surface area contributed by atoms with Gasteiger partial charge in [-0.05, 0) is 44.1 Å². The second-order valence-electron chi connectivity index (χ2n) is 5.48. The molecule has 0 aliphatic heterocycles. The molecule has 0 amide bonds. The summed E-state index contributed by atoms with van der Waals surface area (Å²) in [4.78, 5) is 13.4. The Kier molecular flexibility index (Phi) is 3.78. The van der Waals surface area contributed by atoms with Crippen molar-refractivity contribution in [1.29, 1.82) is 0 Å². The molecule has 20 heavy (non-hydrogen) atoms. The molecule has 3 rings (SSSR count). The molecule has 0 saturated carbocycles. The summed E-state index contributed by atoms with van der Waals surface area (Å²) in [5.41, 5.74) is 9.53. The molecule has 2 aromatic heterocycles. The maximum atomic E-state index is 5.96. The zero-order valence-electron chi connectivity index (χ0n) is 11.9. The third-order valence-corrected chi connectivity index (χ3v) is 3.96. The molecule has 2 N–H and O–H groups in total. The van der Waals surface area contributed by atoms with Gasteiger partial charge in [0.15, 0.2) is 0 Å². The van der Waals surface area contributed by atoms with Gasteiger partial charge in [-0.25, -0.2) is 15.0 Å². The van der Waals surface area contributed by atoms with E-state index in [9.17, 15) is 0 Å². The number of rotatable bonds is 4. The van der Waals surface area contributed by atoms with Gasteiger partial charge >= 0.3 is 0 Å². The molecule has 106 valence electrons. The van der Waals surface area contributed by atoms with Crippen molar-refractivity contribution in [3.63, 3.8) is 0 Å². The molecule has 0 aromatic carbocycles. The summed E-state index contributed by atoms with van der Waals surface area (Å²) in [6.07, 6.45) is 12.0. The molecule has 0 saturated heterocycles. The van der Waals surface area contributed by atoms with E-state index < -0.39 is 0 Å². The van der Waals surface area contributed by atoms with E-state index in [4.69, 9.17) is 5.73 Å². The van der Waals surface area contributed by atoms with E-state index >= 15 is 0 Å². The molecule has 0 radical (unpaired) electrons. The summed E-state index contributed by atoms with van der Waals surface area (Å²) in [5.74, 6) is 0.717. The first-order valence-electron chi connectivity index (χ1n) is 7.40. The second-order valence-corrected chi connectivity index (χ2v) is 5.48. The van der Waals surface area contributed by atoms with Crippen molar-refractivity contribution in [2.24, 2.45) is 5.73 Å². The molecule has 1 aliphatic rings. The van der Waals surface area contributed by atoms with Crippen LogP contribution in [0.5, 0.6) is 0 Å². The van der Waals surface area contributed by atoms with Gasteiger partial charge in [-0.15, -0.1) is 0 Å². The van der Waals surface area contributed by atoms with Crippen LogP contribution < -0.4 is 5.73 Å². The van der Waals surface area contributed by atoms with Gasteiger partial charge in [-0.1, -0.05) is 6.92 Å². The van der Waals surface area contributed by atoms with Gasteiger partial charge in [-0.2, -0.15) is 0 Å². The molecular formula is C15H21N5. The first kappa shape index (κ1) is 13.2. The maximum absolute atomic E-state index is 5.96. The highest BCUT2D eigenvalue weighted by Crippen LogP contribution is 2.21. The number of nitrogens with zero attached hydrogens (tertiary/aromatic N) is 4. The fraction of sp³-hybridized carbons (Fsp3) is 0.533. The topological polar surface area (TPSA) is 69.6 Å². The van der Waals surface area contributed by atoms with E-state index in [2.05, 4.69) is 21.9 Å². The first-order valence-corrected chi connectivity index (χ1v) is 7.40. The van der Waals surface area contributed by atoms with Crippen molar-refractivity contribution >= 4 is 0 Å². The quantitative estimate of drug-likeness (QED) is 0.921. The number of aromatic nitrogens is 4. The number of hydrogen-bond acceptors (Lipinski definition) is 4. The van der Waals surface area contributed by atoms with Crippen molar-refractivity contribution in [3.8, 4) is 5.95 Å². The normalized spacial score (nSPS) is 15.9. The van der Waals surface area contributed by atoms with Gasteiger partial charge in [0.25, 0.3) is 0 Å². The Hall–Kier alpha value is -1.75. The summed E-state index contributed by atoms with van der Waals surface area (Å²) < 4.78 is 2.03. The van der Waals surface area contributed by atoms with E-state index in [0.717, 1.165) is 37.2 Å². The Labute approximate surface area is 119 Å². The van der Waals surface area contributed by atoms with E-state index in [1.807, 2.05) is 23.3 Å². The third-order valence-electron chi connectivity index (χ3n) is 3.96. The Balaban J connectivity index is 1.82. The third kappa shape index (κ3) is 2.58. The smallest absolute Gasteiger partial charge is 0.235 e. The number of imidazole rings is 1. The van der Waals surface area contributed by atoms with Crippen LogP contribution in [-0.2, 0) is 19.3 Å². The first-order chi connectivity index (χ1) is 9.78. The lowest BCUT2D eigenvalue weighted by molar-refractivity contribution is 0.639. The molecule has 1 atom stereocenters. The van der Waals surface area contributed by atoms with Crippen molar-refractivity contribution in [2.75, 3.05) is 0 Å². The van der Waals surface area contributed by atoms with E-state index in [-0.39, 0.29) is 6.04 Å². The van der Waals surface area contributed by atoms with Gasteiger partial charge in [0.05, 0.1) is 5.69 Å². The lowest BCUT2D eigenvalue weighted by atomic mass is 10.0. The Morgan fingerprint density at radius 1 is 1.20 bits per heavy atom. The molecular weight excluding hydrogens is 250 g/mol. The minimum atomic E-state index is 0.186. The molecule has 5 nitrogen and oxygen atoms in total. The summed E-state index contributed by atoms with van der Waals surface area (Å²) >= 11 is 0. The van der Waals surface area contributed by atoms with Gasteiger partial charge < -0.3 is 5.73 Å². The Bertz CT molecular complexity index is 572. The van der Waals surface area contributed by atoms with Crippen LogP contribution in [0.2, 0.25) is 0 Å². The van der Waals surface area contributed by atoms with E-state index in [1.54, 1.807) is 0 Å². The fourth-order valence-electron chi connectivity index (χ4n) is 2.67. The molecule has 0 spiro atoms. The summed E-state index contributed by atoms with van der Waals surface area (Å²) in [7, 11) is 0. The highest BCUT2D eigenvalue weighted by atomic mass is 15.2. The average Bonchev–Trinajstić information content (AvgIpc) is 2.92. The molecule has 5 heteroatoms. The summed E-state index contributed by atoms with van der Waals surface area (Å²) in [6, 6.07) is 0.186. The van der Waals surface area contributed by atoms with Crippen LogP contribution in [0.3, 0.4) is 0 Å². The number of hydrogen-bond donors (Lipinski definition) is 1. The van der Waals surface area contributed by atoms with Crippen LogP contribution in [0.1, 0.15) is 43.1 Å². The van der Waals surface area contributed by atoms with Crippen LogP contribution in [0.15, 0.2) is 18.7 Å². The van der Waals surface area contributed by atoms with Gasteiger partial charge in [0.1, 0.15) is 6.33 Å². The minimum absolute atomic E-state index is 0.186. The number of nitrogens with two attached hydrogens (primary N) is 1. The number of fused-ring (bicyclic) bond motifs is 1. The summed E-state index contributed by atoms with van der Waals surface area (Å²) in [6.45, 7) is 2.09. The van der Waals surface area contributed by atoms with Crippen LogP contribution in [0, 0.1) is 0 Å². The van der Waals surface area contributed by atoms with Crippen LogP contribution >= 0.6 is 0 Å². The monoisotopic (exact) mass is 271 g/mol. The zero-order chi connectivity index (χ0) is 13.9. The Morgan fingerprint density at radius 2 is 1.95 bits per heavy atom. The lowest BCUT2D eigenvalue weighted by Crippen LogP contribution is -2.21. The lowest BCUT2D eigenvalue weighted by Gasteiger charge is -2.13. The van der Waals surface area contributed by atoms with Crippen molar-refractivity contribution in [3.05, 3.63) is 35.7 Å².